The molecule has 0 amide bonds. The third kappa shape index (κ3) is 5.29. The molecule has 3 nitrogen and oxygen atoms in total. The molecule has 0 saturated heterocycles. The van der Waals surface area contributed by atoms with Crippen LogP contribution in [-0.4, -0.2) is 33.1 Å². The van der Waals surface area contributed by atoms with Gasteiger partial charge in [-0.2, -0.15) is 0 Å². The van der Waals surface area contributed by atoms with E-state index in [1.807, 2.05) is 13.8 Å². The van der Waals surface area contributed by atoms with Gasteiger partial charge in [0.2, 0.25) is 0 Å². The fourth-order valence-corrected chi connectivity index (χ4v) is 6.74. The van der Waals surface area contributed by atoms with Crippen LogP contribution in [-0.2, 0) is 0 Å². The minimum atomic E-state index is -0.615. The molecule has 3 aliphatic carbocycles. The van der Waals surface area contributed by atoms with Gasteiger partial charge in [0.1, 0.15) is 0 Å². The average Bonchev–Trinajstić information content (AvgIpc) is 3.00. The Morgan fingerprint density at radius 1 is 1.23 bits per heavy atom. The molecule has 3 N–H and O–H groups in total. The maximum Gasteiger partial charge on any atom is 0.0811 e. The fourth-order valence-electron chi connectivity index (χ4n) is 6.74. The van der Waals surface area contributed by atoms with E-state index in [2.05, 4.69) is 32.6 Å². The van der Waals surface area contributed by atoms with E-state index in [-0.39, 0.29) is 0 Å². The lowest BCUT2D eigenvalue weighted by Crippen LogP contribution is -2.36. The molecule has 0 spiro atoms. The Hall–Kier alpha value is -0.900. The summed E-state index contributed by atoms with van der Waals surface area (Å²) in [6.45, 7) is 12.8. The van der Waals surface area contributed by atoms with Crippen LogP contribution in [0, 0.1) is 23.2 Å². The molecule has 30 heavy (non-hydrogen) atoms. The third-order valence-corrected chi connectivity index (χ3v) is 8.44. The van der Waals surface area contributed by atoms with Crippen LogP contribution in [0.4, 0.5) is 0 Å². The second kappa shape index (κ2) is 9.30. The lowest BCUT2D eigenvalue weighted by molar-refractivity contribution is 0.0596. The van der Waals surface area contributed by atoms with Gasteiger partial charge in [-0.25, -0.2) is 0 Å². The number of hydrogen-bond acceptors (Lipinski definition) is 3. The van der Waals surface area contributed by atoms with Crippen molar-refractivity contribution in [3.63, 3.8) is 0 Å². The van der Waals surface area contributed by atoms with Crippen LogP contribution in [0.15, 0.2) is 35.5 Å². The summed E-state index contributed by atoms with van der Waals surface area (Å²) in [6.07, 6.45) is 13.9. The molecular formula is C27H44O3. The van der Waals surface area contributed by atoms with Crippen LogP contribution in [0.3, 0.4) is 0 Å². The third-order valence-electron chi connectivity index (χ3n) is 8.44. The molecule has 6 atom stereocenters. The highest BCUT2D eigenvalue weighted by atomic mass is 16.3. The van der Waals surface area contributed by atoms with Crippen molar-refractivity contribution >= 4 is 0 Å². The molecule has 0 radical (unpaired) electrons. The molecule has 0 aromatic rings. The molecule has 3 rings (SSSR count). The SMILES string of the molecule is C=C1/C(=C\C=C2\CCC[C@@]3(C)C2CC[C@@H]3C(C)CCCC(C)(C)O)C[C@@H](O)C[C@H]1O. The van der Waals surface area contributed by atoms with Crippen molar-refractivity contribution in [2.75, 3.05) is 0 Å². The van der Waals surface area contributed by atoms with Gasteiger partial charge in [-0.1, -0.05) is 51.0 Å². The van der Waals surface area contributed by atoms with Crippen molar-refractivity contribution < 1.29 is 15.3 Å². The van der Waals surface area contributed by atoms with Crippen LogP contribution in [0.5, 0.6) is 0 Å². The van der Waals surface area contributed by atoms with Crippen molar-refractivity contribution in [1.82, 2.24) is 0 Å². The first-order valence-corrected chi connectivity index (χ1v) is 12.2. The van der Waals surface area contributed by atoms with E-state index in [1.165, 1.54) is 38.5 Å². The first kappa shape index (κ1) is 23.8. The van der Waals surface area contributed by atoms with Crippen molar-refractivity contribution in [3.8, 4) is 0 Å². The average molecular weight is 417 g/mol. The van der Waals surface area contributed by atoms with Crippen LogP contribution < -0.4 is 0 Å². The molecular weight excluding hydrogens is 372 g/mol. The Bertz CT molecular complexity index is 683. The quantitative estimate of drug-likeness (QED) is 0.520. The molecule has 0 heterocycles. The van der Waals surface area contributed by atoms with Crippen LogP contribution in [0.25, 0.3) is 0 Å². The number of aliphatic hydroxyl groups excluding tert-OH is 2. The van der Waals surface area contributed by atoms with Gasteiger partial charge in [0, 0.05) is 6.42 Å². The zero-order valence-corrected chi connectivity index (χ0v) is 19.7. The van der Waals surface area contributed by atoms with Gasteiger partial charge in [0.15, 0.2) is 0 Å². The van der Waals surface area contributed by atoms with Crippen molar-refractivity contribution in [2.24, 2.45) is 23.2 Å². The van der Waals surface area contributed by atoms with Gasteiger partial charge in [-0.15, -0.1) is 0 Å². The van der Waals surface area contributed by atoms with Gasteiger partial charge in [-0.3, -0.25) is 0 Å². The molecule has 3 fully saturated rings. The van der Waals surface area contributed by atoms with E-state index in [9.17, 15) is 15.3 Å². The predicted octanol–water partition coefficient (Wildman–Crippen LogP) is 5.70. The number of aliphatic hydroxyl groups is 3. The Labute approximate surface area is 184 Å². The van der Waals surface area contributed by atoms with E-state index >= 15 is 0 Å². The van der Waals surface area contributed by atoms with E-state index in [0.29, 0.717) is 30.1 Å². The summed E-state index contributed by atoms with van der Waals surface area (Å²) in [4.78, 5) is 0. The molecule has 3 saturated carbocycles. The van der Waals surface area contributed by atoms with Crippen LogP contribution in [0.1, 0.15) is 91.9 Å². The molecule has 3 heteroatoms. The molecule has 0 bridgehead atoms. The molecule has 170 valence electrons. The largest absolute Gasteiger partial charge is 0.393 e. The number of allylic oxidation sites excluding steroid dienone is 3. The van der Waals surface area contributed by atoms with Crippen molar-refractivity contribution in [3.05, 3.63) is 35.5 Å². The Kier molecular flexibility index (Phi) is 7.37. The minimum absolute atomic E-state index is 0.374. The van der Waals surface area contributed by atoms with E-state index in [0.717, 1.165) is 29.9 Å². The molecule has 2 unspecified atom stereocenters. The maximum absolute atomic E-state index is 10.1. The lowest BCUT2D eigenvalue weighted by atomic mass is 9.60. The topological polar surface area (TPSA) is 60.7 Å². The zero-order chi connectivity index (χ0) is 22.1. The summed E-state index contributed by atoms with van der Waals surface area (Å²) in [5.74, 6) is 2.11. The van der Waals surface area contributed by atoms with Gasteiger partial charge >= 0.3 is 0 Å². The highest BCUT2D eigenvalue weighted by molar-refractivity contribution is 5.38. The highest BCUT2D eigenvalue weighted by Gasteiger charge is 2.50. The smallest absolute Gasteiger partial charge is 0.0811 e. The molecule has 0 aromatic heterocycles. The normalized spacial score (nSPS) is 38.8. The van der Waals surface area contributed by atoms with Crippen molar-refractivity contribution in [2.45, 2.75) is 110 Å². The lowest BCUT2D eigenvalue weighted by Gasteiger charge is -2.44. The first-order chi connectivity index (χ1) is 14.0. The van der Waals surface area contributed by atoms with Crippen molar-refractivity contribution in [1.29, 1.82) is 0 Å². The summed E-state index contributed by atoms with van der Waals surface area (Å²) < 4.78 is 0. The Balaban J connectivity index is 1.70. The second-order valence-corrected chi connectivity index (χ2v) is 11.3. The Morgan fingerprint density at radius 2 is 1.97 bits per heavy atom. The zero-order valence-electron chi connectivity index (χ0n) is 19.7. The summed E-state index contributed by atoms with van der Waals surface area (Å²) >= 11 is 0. The first-order valence-electron chi connectivity index (χ1n) is 12.2. The van der Waals surface area contributed by atoms with Gasteiger partial charge in [-0.05, 0) is 93.1 Å². The minimum Gasteiger partial charge on any atom is -0.393 e. The number of hydrogen-bond donors (Lipinski definition) is 3. The summed E-state index contributed by atoms with van der Waals surface area (Å²) in [5, 5.41) is 30.2. The summed E-state index contributed by atoms with van der Waals surface area (Å²) in [7, 11) is 0. The number of rotatable bonds is 6. The van der Waals surface area contributed by atoms with Gasteiger partial charge in [0.05, 0.1) is 17.8 Å². The molecule has 0 aromatic carbocycles. The van der Waals surface area contributed by atoms with Crippen LogP contribution >= 0.6 is 0 Å². The van der Waals surface area contributed by atoms with E-state index in [1.54, 1.807) is 5.57 Å². The van der Waals surface area contributed by atoms with Gasteiger partial charge in [0.25, 0.3) is 0 Å². The van der Waals surface area contributed by atoms with E-state index in [4.69, 9.17) is 0 Å². The number of fused-ring (bicyclic) bond motifs is 1. The van der Waals surface area contributed by atoms with E-state index < -0.39 is 17.8 Å². The fraction of sp³-hybridized carbons (Fsp3) is 0.778. The van der Waals surface area contributed by atoms with Gasteiger partial charge < -0.3 is 15.3 Å². The standard InChI is InChI=1S/C27H44O3/c1-18(8-6-14-26(3,4)30)23-12-13-24-20(9-7-15-27(23,24)5)10-11-21-16-22(28)17-25(29)19(21)2/h10-11,18,22-25,28-30H,2,6-9,12-17H2,1,3-5H3/b20-10-,21-11-/t18?,22-,23-,24?,25-,27-/m1/s1. The molecule has 3 aliphatic rings. The van der Waals surface area contributed by atoms with Crippen LogP contribution in [0.2, 0.25) is 0 Å². The maximum atomic E-state index is 10.1. The Morgan fingerprint density at radius 3 is 2.67 bits per heavy atom. The summed E-state index contributed by atoms with van der Waals surface area (Å²) in [5.41, 5.74) is 3.17. The monoisotopic (exact) mass is 416 g/mol. The highest BCUT2D eigenvalue weighted by Crippen LogP contribution is 2.60. The summed E-state index contributed by atoms with van der Waals surface area (Å²) in [6, 6.07) is 0. The predicted molar refractivity (Wildman–Crippen MR) is 124 cm³/mol. The molecule has 0 aliphatic heterocycles. The second-order valence-electron chi connectivity index (χ2n) is 11.3.